The average Bonchev–Trinajstić information content (AvgIpc) is 3.62. The summed E-state index contributed by atoms with van der Waals surface area (Å²) in [5, 5.41) is 3.49. The van der Waals surface area contributed by atoms with Gasteiger partial charge in [-0.1, -0.05) is 24.3 Å². The van der Waals surface area contributed by atoms with E-state index in [1.165, 1.54) is 24.3 Å². The maximum absolute atomic E-state index is 15.1. The molecule has 0 bridgehead atoms. The highest BCUT2D eigenvalue weighted by molar-refractivity contribution is 6.07. The molecule has 5 aromatic rings. The Kier molecular flexibility index (Phi) is 6.18. The number of nitrogens with zero attached hydrogens (tertiary/aromatic N) is 1. The lowest BCUT2D eigenvalue weighted by Gasteiger charge is -2.18. The molecule has 1 saturated carbocycles. The van der Waals surface area contributed by atoms with E-state index in [1.807, 2.05) is 12.1 Å². The van der Waals surface area contributed by atoms with Gasteiger partial charge in [-0.15, -0.1) is 0 Å². The van der Waals surface area contributed by atoms with Crippen LogP contribution in [0.25, 0.3) is 22.1 Å². The number of primary amides is 1. The number of halogens is 2. The van der Waals surface area contributed by atoms with E-state index in [2.05, 4.69) is 10.3 Å². The molecular weight excluding hydrogens is 512 g/mol. The van der Waals surface area contributed by atoms with E-state index < -0.39 is 23.2 Å². The topological polar surface area (TPSA) is 98.2 Å². The van der Waals surface area contributed by atoms with Crippen LogP contribution in [0.2, 0.25) is 0 Å². The van der Waals surface area contributed by atoms with Gasteiger partial charge in [-0.25, -0.2) is 8.78 Å². The van der Waals surface area contributed by atoms with Crippen LogP contribution in [0.15, 0.2) is 83.4 Å². The van der Waals surface area contributed by atoms with E-state index in [1.54, 1.807) is 49.5 Å². The van der Waals surface area contributed by atoms with Crippen LogP contribution in [0.4, 0.5) is 8.78 Å². The van der Waals surface area contributed by atoms with E-state index in [4.69, 9.17) is 10.2 Å². The van der Waals surface area contributed by atoms with Gasteiger partial charge in [-0.05, 0) is 90.6 Å². The van der Waals surface area contributed by atoms with E-state index in [9.17, 15) is 14.0 Å². The second-order valence-electron chi connectivity index (χ2n) is 10.2. The van der Waals surface area contributed by atoms with Crippen molar-refractivity contribution in [3.8, 4) is 11.1 Å². The number of amides is 2. The Labute approximate surface area is 228 Å². The number of hydrogen-bond donors (Lipinski definition) is 2. The molecule has 200 valence electrons. The molecule has 2 heterocycles. The van der Waals surface area contributed by atoms with Gasteiger partial charge in [0.1, 0.15) is 23.0 Å². The molecule has 6 nitrogen and oxygen atoms in total. The molecule has 0 radical (unpaired) electrons. The summed E-state index contributed by atoms with van der Waals surface area (Å²) < 4.78 is 34.4. The first-order chi connectivity index (χ1) is 19.2. The minimum absolute atomic E-state index is 0.0813. The minimum Gasteiger partial charge on any atom is -0.460 e. The lowest BCUT2D eigenvalue weighted by molar-refractivity contribution is 0.0924. The second kappa shape index (κ2) is 9.72. The molecule has 1 aliphatic carbocycles. The number of furan rings is 1. The number of carbonyl (C=O) groups is 2. The molecule has 1 aliphatic rings. The first-order valence-corrected chi connectivity index (χ1v) is 12.9. The standard InChI is InChI=1S/C32H25F2N3O3/c1-18-14-25(34)23(31(39)37-32(11-12-32)28-4-2-3-13-36-28)17-22(18)20-7-10-26-24(16-20)29(30(35)38)27(40-26)15-19-5-8-21(33)9-6-19/h2-10,13-14,16-17H,11-12,15H2,1H3,(H2,35,38)(H,37,39). The predicted molar refractivity (Wildman–Crippen MR) is 147 cm³/mol. The number of aromatic nitrogens is 1. The highest BCUT2D eigenvalue weighted by Crippen LogP contribution is 2.45. The molecule has 3 N–H and O–H groups in total. The van der Waals surface area contributed by atoms with Crippen molar-refractivity contribution >= 4 is 22.8 Å². The number of benzene rings is 3. The lowest BCUT2D eigenvalue weighted by Crippen LogP contribution is -2.36. The number of aryl methyl sites for hydroxylation is 1. The third-order valence-corrected chi connectivity index (χ3v) is 7.41. The molecule has 2 aromatic heterocycles. The number of nitrogens with one attached hydrogen (secondary N) is 1. The van der Waals surface area contributed by atoms with E-state index >= 15 is 4.39 Å². The van der Waals surface area contributed by atoms with E-state index in [0.717, 1.165) is 24.1 Å². The molecule has 1 fully saturated rings. The molecule has 0 spiro atoms. The van der Waals surface area contributed by atoms with Crippen LogP contribution in [0.3, 0.4) is 0 Å². The highest BCUT2D eigenvalue weighted by Gasteiger charge is 2.47. The molecule has 3 aromatic carbocycles. The Bertz CT molecular complexity index is 1780. The van der Waals surface area contributed by atoms with Crippen LogP contribution in [-0.4, -0.2) is 16.8 Å². The summed E-state index contributed by atoms with van der Waals surface area (Å²) in [6.07, 6.45) is 3.37. The minimum atomic E-state index is -0.659. The van der Waals surface area contributed by atoms with Gasteiger partial charge in [0.25, 0.3) is 11.8 Å². The molecule has 40 heavy (non-hydrogen) atoms. The van der Waals surface area contributed by atoms with Crippen molar-refractivity contribution in [2.24, 2.45) is 5.73 Å². The van der Waals surface area contributed by atoms with Crippen LogP contribution in [0, 0.1) is 18.6 Å². The molecule has 0 saturated heterocycles. The van der Waals surface area contributed by atoms with Gasteiger partial charge in [0, 0.05) is 18.0 Å². The van der Waals surface area contributed by atoms with Gasteiger partial charge in [-0.3, -0.25) is 14.6 Å². The van der Waals surface area contributed by atoms with Crippen LogP contribution in [-0.2, 0) is 12.0 Å². The van der Waals surface area contributed by atoms with Gasteiger partial charge in [0.05, 0.1) is 22.4 Å². The quantitative estimate of drug-likeness (QED) is 0.259. The Morgan fingerprint density at radius 2 is 1.80 bits per heavy atom. The van der Waals surface area contributed by atoms with Gasteiger partial charge in [-0.2, -0.15) is 0 Å². The van der Waals surface area contributed by atoms with Crippen molar-refractivity contribution in [2.75, 3.05) is 0 Å². The Morgan fingerprint density at radius 3 is 2.48 bits per heavy atom. The highest BCUT2D eigenvalue weighted by atomic mass is 19.1. The zero-order valence-electron chi connectivity index (χ0n) is 21.6. The Morgan fingerprint density at radius 1 is 1.02 bits per heavy atom. The smallest absolute Gasteiger partial charge is 0.255 e. The van der Waals surface area contributed by atoms with Crippen molar-refractivity contribution in [3.05, 3.63) is 124 Å². The number of carbonyl (C=O) groups excluding carboxylic acids is 2. The van der Waals surface area contributed by atoms with Gasteiger partial charge in [0.2, 0.25) is 0 Å². The molecule has 2 amide bonds. The third kappa shape index (κ3) is 4.62. The molecule has 6 rings (SSSR count). The molecule has 0 unspecified atom stereocenters. The van der Waals surface area contributed by atoms with Crippen molar-refractivity contribution in [1.82, 2.24) is 10.3 Å². The van der Waals surface area contributed by atoms with E-state index in [-0.39, 0.29) is 23.4 Å². The van der Waals surface area contributed by atoms with Crippen molar-refractivity contribution < 1.29 is 22.8 Å². The van der Waals surface area contributed by atoms with E-state index in [0.29, 0.717) is 33.4 Å². The van der Waals surface area contributed by atoms with Crippen molar-refractivity contribution in [1.29, 1.82) is 0 Å². The zero-order valence-corrected chi connectivity index (χ0v) is 21.6. The first-order valence-electron chi connectivity index (χ1n) is 12.9. The number of fused-ring (bicyclic) bond motifs is 1. The van der Waals surface area contributed by atoms with Crippen LogP contribution < -0.4 is 11.1 Å². The van der Waals surface area contributed by atoms with Gasteiger partial charge < -0.3 is 15.5 Å². The summed E-state index contributed by atoms with van der Waals surface area (Å²) in [4.78, 5) is 30.1. The summed E-state index contributed by atoms with van der Waals surface area (Å²) in [6.45, 7) is 1.75. The molecular formula is C32H25F2N3O3. The number of rotatable bonds is 7. The fourth-order valence-corrected chi connectivity index (χ4v) is 5.16. The predicted octanol–water partition coefficient (Wildman–Crippen LogP) is 6.19. The summed E-state index contributed by atoms with van der Waals surface area (Å²) in [7, 11) is 0. The Hall–Kier alpha value is -4.85. The largest absolute Gasteiger partial charge is 0.460 e. The molecule has 0 atom stereocenters. The number of pyridine rings is 1. The summed E-state index contributed by atoms with van der Waals surface area (Å²) in [5.74, 6) is -1.80. The number of nitrogens with two attached hydrogens (primary N) is 1. The average molecular weight is 538 g/mol. The fraction of sp³-hybridized carbons (Fsp3) is 0.156. The van der Waals surface area contributed by atoms with Gasteiger partial charge in [0.15, 0.2) is 0 Å². The fourth-order valence-electron chi connectivity index (χ4n) is 5.16. The Balaban J connectivity index is 1.36. The first kappa shape index (κ1) is 25.4. The SMILES string of the molecule is Cc1cc(F)c(C(=O)NC2(c3ccccn3)CC2)cc1-c1ccc2oc(Cc3ccc(F)cc3)c(C(N)=O)c2c1. The summed E-state index contributed by atoms with van der Waals surface area (Å²) in [5.41, 5.74) is 9.18. The lowest BCUT2D eigenvalue weighted by atomic mass is 9.95. The van der Waals surface area contributed by atoms with Crippen molar-refractivity contribution in [2.45, 2.75) is 31.7 Å². The zero-order chi connectivity index (χ0) is 28.0. The van der Waals surface area contributed by atoms with Gasteiger partial charge >= 0.3 is 0 Å². The van der Waals surface area contributed by atoms with Crippen LogP contribution in [0.5, 0.6) is 0 Å². The monoisotopic (exact) mass is 537 g/mol. The third-order valence-electron chi connectivity index (χ3n) is 7.41. The second-order valence-corrected chi connectivity index (χ2v) is 10.2. The number of hydrogen-bond acceptors (Lipinski definition) is 4. The molecule has 8 heteroatoms. The maximum Gasteiger partial charge on any atom is 0.255 e. The molecule has 0 aliphatic heterocycles. The van der Waals surface area contributed by atoms with Crippen LogP contribution >= 0.6 is 0 Å². The van der Waals surface area contributed by atoms with Crippen LogP contribution in [0.1, 0.15) is 56.1 Å². The normalized spacial score (nSPS) is 13.8. The summed E-state index contributed by atoms with van der Waals surface area (Å²) in [6, 6.07) is 19.5. The summed E-state index contributed by atoms with van der Waals surface area (Å²) >= 11 is 0. The maximum atomic E-state index is 15.1. The van der Waals surface area contributed by atoms with Crippen molar-refractivity contribution in [3.63, 3.8) is 0 Å².